The Kier molecular flexibility index (Phi) is 3.98. The lowest BCUT2D eigenvalue weighted by Crippen LogP contribution is -2.51. The average Bonchev–Trinajstić information content (AvgIpc) is 2.98. The number of amides is 1. The molecule has 114 valence electrons. The first-order valence-corrected chi connectivity index (χ1v) is 8.24. The van der Waals surface area contributed by atoms with Crippen LogP contribution in [0.1, 0.15) is 33.1 Å². The van der Waals surface area contributed by atoms with Gasteiger partial charge in [-0.3, -0.25) is 9.69 Å². The fraction of sp³-hybridized carbons (Fsp3) is 0.588. The van der Waals surface area contributed by atoms with E-state index in [9.17, 15) is 4.79 Å². The van der Waals surface area contributed by atoms with Gasteiger partial charge in [0.1, 0.15) is 5.54 Å². The largest absolute Gasteiger partial charge is 0.309 e. The topological polar surface area (TPSA) is 23.6 Å². The van der Waals surface area contributed by atoms with Gasteiger partial charge in [-0.2, -0.15) is 0 Å². The molecule has 2 saturated heterocycles. The molecule has 2 heterocycles. The van der Waals surface area contributed by atoms with E-state index in [0.717, 1.165) is 44.6 Å². The third kappa shape index (κ3) is 2.47. The predicted octanol–water partition coefficient (Wildman–Crippen LogP) is 3.57. The van der Waals surface area contributed by atoms with Gasteiger partial charge in [-0.05, 0) is 43.9 Å². The summed E-state index contributed by atoms with van der Waals surface area (Å²) in [5.74, 6) is 0.830. The zero-order chi connectivity index (χ0) is 15.0. The Bertz CT molecular complexity index is 545. The van der Waals surface area contributed by atoms with E-state index in [-0.39, 0.29) is 11.4 Å². The van der Waals surface area contributed by atoms with Crippen molar-refractivity contribution in [1.29, 1.82) is 0 Å². The van der Waals surface area contributed by atoms with Gasteiger partial charge in [-0.1, -0.05) is 37.6 Å². The summed E-state index contributed by atoms with van der Waals surface area (Å²) in [5, 5.41) is 0.663. The van der Waals surface area contributed by atoms with Crippen molar-refractivity contribution in [3.8, 4) is 0 Å². The highest BCUT2D eigenvalue weighted by Gasteiger charge is 2.53. The number of hydrogen-bond donors (Lipinski definition) is 0. The number of halogens is 1. The van der Waals surface area contributed by atoms with Crippen LogP contribution in [-0.2, 0) is 4.79 Å². The maximum absolute atomic E-state index is 13.1. The van der Waals surface area contributed by atoms with E-state index < -0.39 is 0 Å². The van der Waals surface area contributed by atoms with Crippen LogP contribution in [0.25, 0.3) is 0 Å². The highest BCUT2D eigenvalue weighted by atomic mass is 35.5. The molecule has 0 aliphatic carbocycles. The summed E-state index contributed by atoms with van der Waals surface area (Å²) < 4.78 is 0. The van der Waals surface area contributed by atoms with Gasteiger partial charge in [0, 0.05) is 13.1 Å². The van der Waals surface area contributed by atoms with E-state index in [0.29, 0.717) is 10.9 Å². The molecule has 0 radical (unpaired) electrons. The van der Waals surface area contributed by atoms with Crippen molar-refractivity contribution in [2.75, 3.05) is 24.5 Å². The zero-order valence-electron chi connectivity index (χ0n) is 12.8. The summed E-state index contributed by atoms with van der Waals surface area (Å²) in [7, 11) is 0. The van der Waals surface area contributed by atoms with Gasteiger partial charge in [0.15, 0.2) is 0 Å². The normalized spacial score (nSPS) is 26.5. The number of carbonyl (C=O) groups excluding carboxylic acids is 1. The van der Waals surface area contributed by atoms with Crippen LogP contribution in [-0.4, -0.2) is 36.0 Å². The summed E-state index contributed by atoms with van der Waals surface area (Å²) in [6, 6.07) is 7.65. The molecule has 3 nitrogen and oxygen atoms in total. The van der Waals surface area contributed by atoms with Crippen LogP contribution < -0.4 is 4.90 Å². The SMILES string of the molecule is CC(C)CN1CCCC12CCN(c1ccccc1Cl)C2=O. The van der Waals surface area contributed by atoms with Crippen molar-refractivity contribution in [1.82, 2.24) is 4.90 Å². The van der Waals surface area contributed by atoms with Crippen LogP contribution in [0, 0.1) is 5.92 Å². The highest BCUT2D eigenvalue weighted by molar-refractivity contribution is 6.34. The number of nitrogens with zero attached hydrogens (tertiary/aromatic N) is 2. The van der Waals surface area contributed by atoms with Crippen molar-refractivity contribution < 1.29 is 4.79 Å². The zero-order valence-corrected chi connectivity index (χ0v) is 13.6. The minimum atomic E-state index is -0.274. The number of anilines is 1. The van der Waals surface area contributed by atoms with Crippen molar-refractivity contribution in [2.45, 2.75) is 38.6 Å². The summed E-state index contributed by atoms with van der Waals surface area (Å²) in [6.07, 6.45) is 3.03. The van der Waals surface area contributed by atoms with Crippen LogP contribution in [0.4, 0.5) is 5.69 Å². The molecule has 0 bridgehead atoms. The first kappa shape index (κ1) is 14.9. The molecule has 2 aliphatic heterocycles. The van der Waals surface area contributed by atoms with Gasteiger partial charge in [-0.15, -0.1) is 0 Å². The minimum absolute atomic E-state index is 0.244. The standard InChI is InChI=1S/C17H23ClN2O/c1-13(2)12-19-10-5-8-17(19)9-11-20(16(17)21)15-7-4-3-6-14(15)18/h3-4,6-7,13H,5,8-12H2,1-2H3. The molecule has 1 spiro atoms. The lowest BCUT2D eigenvalue weighted by molar-refractivity contribution is -0.126. The van der Waals surface area contributed by atoms with Gasteiger partial charge >= 0.3 is 0 Å². The fourth-order valence-electron chi connectivity index (χ4n) is 3.82. The molecule has 21 heavy (non-hydrogen) atoms. The molecule has 1 atom stereocenters. The Hall–Kier alpha value is -1.06. The predicted molar refractivity (Wildman–Crippen MR) is 86.8 cm³/mol. The summed E-state index contributed by atoms with van der Waals surface area (Å²) >= 11 is 6.28. The van der Waals surface area contributed by atoms with Crippen LogP contribution in [0.15, 0.2) is 24.3 Å². The molecular weight excluding hydrogens is 284 g/mol. The first-order chi connectivity index (χ1) is 10.0. The van der Waals surface area contributed by atoms with Crippen LogP contribution in [0.2, 0.25) is 5.02 Å². The Morgan fingerprint density at radius 2 is 2.00 bits per heavy atom. The van der Waals surface area contributed by atoms with Crippen molar-refractivity contribution in [3.63, 3.8) is 0 Å². The minimum Gasteiger partial charge on any atom is -0.309 e. The average molecular weight is 307 g/mol. The Balaban J connectivity index is 1.88. The van der Waals surface area contributed by atoms with Crippen LogP contribution >= 0.6 is 11.6 Å². The molecule has 1 aromatic carbocycles. The Morgan fingerprint density at radius 3 is 2.71 bits per heavy atom. The lowest BCUT2D eigenvalue weighted by Gasteiger charge is -2.34. The van der Waals surface area contributed by atoms with Gasteiger partial charge in [0.05, 0.1) is 10.7 Å². The number of para-hydroxylation sites is 1. The van der Waals surface area contributed by atoms with Crippen LogP contribution in [0.5, 0.6) is 0 Å². The molecule has 0 N–H and O–H groups in total. The molecule has 2 fully saturated rings. The lowest BCUT2D eigenvalue weighted by atomic mass is 9.93. The van der Waals surface area contributed by atoms with E-state index in [1.54, 1.807) is 0 Å². The number of likely N-dealkylation sites (tertiary alicyclic amines) is 1. The molecule has 0 saturated carbocycles. The second-order valence-electron chi connectivity index (χ2n) is 6.63. The molecule has 1 amide bonds. The number of benzene rings is 1. The van der Waals surface area contributed by atoms with E-state index in [2.05, 4.69) is 18.7 Å². The third-order valence-electron chi connectivity index (χ3n) is 4.74. The molecular formula is C17H23ClN2O. The maximum atomic E-state index is 13.1. The van der Waals surface area contributed by atoms with Crippen molar-refractivity contribution in [3.05, 3.63) is 29.3 Å². The van der Waals surface area contributed by atoms with Crippen molar-refractivity contribution in [2.24, 2.45) is 5.92 Å². The second-order valence-corrected chi connectivity index (χ2v) is 7.04. The highest BCUT2D eigenvalue weighted by Crippen LogP contribution is 2.42. The Morgan fingerprint density at radius 1 is 1.24 bits per heavy atom. The summed E-state index contributed by atoms with van der Waals surface area (Å²) in [5.41, 5.74) is 0.584. The fourth-order valence-corrected chi connectivity index (χ4v) is 4.06. The number of carbonyl (C=O) groups is 1. The first-order valence-electron chi connectivity index (χ1n) is 7.86. The quantitative estimate of drug-likeness (QED) is 0.852. The van der Waals surface area contributed by atoms with E-state index in [4.69, 9.17) is 11.6 Å². The van der Waals surface area contributed by atoms with Crippen molar-refractivity contribution >= 4 is 23.2 Å². The molecule has 1 aromatic rings. The molecule has 4 heteroatoms. The van der Waals surface area contributed by atoms with E-state index in [1.165, 1.54) is 0 Å². The van der Waals surface area contributed by atoms with E-state index in [1.807, 2.05) is 29.2 Å². The monoisotopic (exact) mass is 306 g/mol. The molecule has 0 aromatic heterocycles. The maximum Gasteiger partial charge on any atom is 0.247 e. The molecule has 2 aliphatic rings. The number of rotatable bonds is 3. The molecule has 3 rings (SSSR count). The third-order valence-corrected chi connectivity index (χ3v) is 5.06. The van der Waals surface area contributed by atoms with Gasteiger partial charge in [0.25, 0.3) is 0 Å². The number of hydrogen-bond acceptors (Lipinski definition) is 2. The summed E-state index contributed by atoms with van der Waals surface area (Å²) in [4.78, 5) is 17.4. The Labute approximate surface area is 131 Å². The molecule has 1 unspecified atom stereocenters. The van der Waals surface area contributed by atoms with Gasteiger partial charge < -0.3 is 4.90 Å². The van der Waals surface area contributed by atoms with Crippen LogP contribution in [0.3, 0.4) is 0 Å². The van der Waals surface area contributed by atoms with Gasteiger partial charge in [-0.25, -0.2) is 0 Å². The van der Waals surface area contributed by atoms with Gasteiger partial charge in [0.2, 0.25) is 5.91 Å². The smallest absolute Gasteiger partial charge is 0.247 e. The second kappa shape index (κ2) is 5.62. The van der Waals surface area contributed by atoms with E-state index >= 15 is 0 Å². The summed E-state index contributed by atoms with van der Waals surface area (Å²) in [6.45, 7) is 7.26.